The van der Waals surface area contributed by atoms with Crippen LogP contribution in [-0.2, 0) is 14.8 Å². The number of rotatable bonds is 3. The van der Waals surface area contributed by atoms with Crippen LogP contribution in [0.25, 0.3) is 0 Å². The predicted octanol–water partition coefficient (Wildman–Crippen LogP) is 2.67. The molecule has 1 aromatic rings. The summed E-state index contributed by atoms with van der Waals surface area (Å²) in [6.07, 6.45) is 1.98. The Morgan fingerprint density at radius 2 is 2.19 bits per heavy atom. The number of nitrogens with zero attached hydrogens (tertiary/aromatic N) is 2. The molecule has 2 rings (SSSR count). The minimum atomic E-state index is -4.05. The van der Waals surface area contributed by atoms with Gasteiger partial charge in [-0.1, -0.05) is 22.9 Å². The molecule has 0 aliphatic carbocycles. The molecule has 2 unspecified atom stereocenters. The maximum Gasteiger partial charge on any atom is 0.247 e. The third kappa shape index (κ3) is 3.23. The summed E-state index contributed by atoms with van der Waals surface area (Å²) in [7, 11) is -4.05. The van der Waals surface area contributed by atoms with E-state index in [9.17, 15) is 17.6 Å². The second-order valence-electron chi connectivity index (χ2n) is 4.94. The van der Waals surface area contributed by atoms with E-state index in [1.54, 1.807) is 0 Å². The average Bonchev–Trinajstić information content (AvgIpc) is 2.40. The molecule has 114 valence electrons. The number of isocyanates is 1. The van der Waals surface area contributed by atoms with Crippen molar-refractivity contribution in [3.8, 4) is 0 Å². The van der Waals surface area contributed by atoms with Gasteiger partial charge in [0.05, 0.1) is 0 Å². The number of benzene rings is 1. The van der Waals surface area contributed by atoms with Gasteiger partial charge in [0, 0.05) is 11.0 Å². The molecule has 2 atom stereocenters. The molecule has 0 radical (unpaired) electrons. The van der Waals surface area contributed by atoms with E-state index in [0.29, 0.717) is 10.9 Å². The molecule has 0 spiro atoms. The Hall–Kier alpha value is -1.08. The largest absolute Gasteiger partial charge is 0.247 e. The fourth-order valence-corrected chi connectivity index (χ4v) is 4.49. The number of piperidine rings is 1. The summed E-state index contributed by atoms with van der Waals surface area (Å²) >= 11 is 3.09. The highest BCUT2D eigenvalue weighted by Crippen LogP contribution is 2.31. The highest BCUT2D eigenvalue weighted by Gasteiger charge is 2.38. The van der Waals surface area contributed by atoms with Crippen LogP contribution >= 0.6 is 15.9 Å². The summed E-state index contributed by atoms with van der Waals surface area (Å²) in [5.74, 6) is -0.954. The van der Waals surface area contributed by atoms with Gasteiger partial charge < -0.3 is 0 Å². The van der Waals surface area contributed by atoms with Crippen LogP contribution in [0.4, 0.5) is 4.39 Å². The zero-order valence-corrected chi connectivity index (χ0v) is 13.7. The molecule has 1 aliphatic rings. The lowest BCUT2D eigenvalue weighted by atomic mass is 9.98. The van der Waals surface area contributed by atoms with Gasteiger partial charge >= 0.3 is 0 Å². The molecule has 1 saturated heterocycles. The maximum absolute atomic E-state index is 14.0. The number of hydrogen-bond acceptors (Lipinski definition) is 4. The lowest BCUT2D eigenvalue weighted by Crippen LogP contribution is -2.46. The molecule has 1 fully saturated rings. The molecule has 0 N–H and O–H groups in total. The Morgan fingerprint density at radius 3 is 2.81 bits per heavy atom. The third-order valence-corrected chi connectivity index (χ3v) is 5.90. The molecule has 1 heterocycles. The van der Waals surface area contributed by atoms with Crippen LogP contribution in [0, 0.1) is 11.7 Å². The van der Waals surface area contributed by atoms with Crippen molar-refractivity contribution in [2.45, 2.75) is 30.8 Å². The first-order chi connectivity index (χ1) is 9.87. The molecular weight excluding hydrogens is 363 g/mol. The van der Waals surface area contributed by atoms with Crippen LogP contribution in [0.15, 0.2) is 32.6 Å². The van der Waals surface area contributed by atoms with Crippen molar-refractivity contribution in [2.75, 3.05) is 6.54 Å². The van der Waals surface area contributed by atoms with Gasteiger partial charge in [-0.2, -0.15) is 9.30 Å². The molecule has 8 heteroatoms. The molecule has 1 aromatic carbocycles. The first-order valence-electron chi connectivity index (χ1n) is 6.42. The first kappa shape index (κ1) is 16.3. The van der Waals surface area contributed by atoms with Crippen molar-refractivity contribution >= 4 is 32.0 Å². The monoisotopic (exact) mass is 376 g/mol. The van der Waals surface area contributed by atoms with Gasteiger partial charge in [0.15, 0.2) is 0 Å². The Morgan fingerprint density at radius 1 is 1.48 bits per heavy atom. The number of hydrogen-bond donors (Lipinski definition) is 0. The van der Waals surface area contributed by atoms with E-state index >= 15 is 0 Å². The lowest BCUT2D eigenvalue weighted by molar-refractivity contribution is 0.193. The number of carbonyl (C=O) groups excluding carboxylic acids is 1. The van der Waals surface area contributed by atoms with Gasteiger partial charge in [-0.15, -0.1) is 0 Å². The lowest BCUT2D eigenvalue weighted by Gasteiger charge is -2.35. The zero-order valence-electron chi connectivity index (χ0n) is 11.3. The van der Waals surface area contributed by atoms with Crippen molar-refractivity contribution in [1.82, 2.24) is 4.31 Å². The summed E-state index contributed by atoms with van der Waals surface area (Å²) < 4.78 is 40.8. The third-order valence-electron chi connectivity index (χ3n) is 3.51. The highest BCUT2D eigenvalue weighted by atomic mass is 79.9. The van der Waals surface area contributed by atoms with E-state index in [0.717, 1.165) is 16.8 Å². The summed E-state index contributed by atoms with van der Waals surface area (Å²) in [6.45, 7) is 2.02. The Kier molecular flexibility index (Phi) is 4.93. The van der Waals surface area contributed by atoms with Crippen molar-refractivity contribution < 1.29 is 17.6 Å². The van der Waals surface area contributed by atoms with Gasteiger partial charge in [-0.3, -0.25) is 0 Å². The Balaban J connectivity index is 2.48. The van der Waals surface area contributed by atoms with Crippen LogP contribution in [0.3, 0.4) is 0 Å². The number of aliphatic imine (C=N–C) groups is 1. The minimum absolute atomic E-state index is 0.117. The minimum Gasteiger partial charge on any atom is -0.211 e. The van der Waals surface area contributed by atoms with E-state index < -0.39 is 26.9 Å². The molecule has 1 aliphatic heterocycles. The van der Waals surface area contributed by atoms with Gasteiger partial charge in [0.2, 0.25) is 16.1 Å². The van der Waals surface area contributed by atoms with Gasteiger partial charge in [0.25, 0.3) is 0 Å². The van der Waals surface area contributed by atoms with E-state index in [2.05, 4.69) is 20.9 Å². The smallest absolute Gasteiger partial charge is 0.211 e. The molecule has 0 saturated carbocycles. The van der Waals surface area contributed by atoms with E-state index in [-0.39, 0.29) is 12.5 Å². The van der Waals surface area contributed by atoms with Gasteiger partial charge in [-0.05, 0) is 37.0 Å². The van der Waals surface area contributed by atoms with Gasteiger partial charge in [0.1, 0.15) is 16.9 Å². The van der Waals surface area contributed by atoms with Crippen LogP contribution < -0.4 is 0 Å². The zero-order chi connectivity index (χ0) is 15.6. The Bertz CT molecular complexity index is 689. The second kappa shape index (κ2) is 6.36. The number of sulfonamides is 1. The predicted molar refractivity (Wildman–Crippen MR) is 78.3 cm³/mol. The molecule has 21 heavy (non-hydrogen) atoms. The molecular formula is C13H14BrFN2O3S. The summed E-state index contributed by atoms with van der Waals surface area (Å²) in [4.78, 5) is 13.7. The van der Waals surface area contributed by atoms with Crippen LogP contribution in [0.5, 0.6) is 0 Å². The van der Waals surface area contributed by atoms with E-state index in [4.69, 9.17) is 0 Å². The number of halogens is 2. The SMILES string of the molecule is CC1CCCN(S(=O)(=O)c2ccc(Br)cc2F)C1N=C=O. The van der Waals surface area contributed by atoms with Crippen molar-refractivity contribution in [3.05, 3.63) is 28.5 Å². The van der Waals surface area contributed by atoms with E-state index in [1.165, 1.54) is 18.2 Å². The van der Waals surface area contributed by atoms with Gasteiger partial charge in [-0.25, -0.2) is 17.6 Å². The molecule has 0 amide bonds. The Labute approximate surface area is 131 Å². The summed E-state index contributed by atoms with van der Waals surface area (Å²) in [5, 5.41) is 0. The highest BCUT2D eigenvalue weighted by molar-refractivity contribution is 9.10. The van der Waals surface area contributed by atoms with Crippen molar-refractivity contribution in [1.29, 1.82) is 0 Å². The molecule has 0 aromatic heterocycles. The maximum atomic E-state index is 14.0. The second-order valence-corrected chi connectivity index (χ2v) is 7.72. The first-order valence-corrected chi connectivity index (χ1v) is 8.65. The normalized spacial score (nSPS) is 23.6. The van der Waals surface area contributed by atoms with Crippen LogP contribution in [0.1, 0.15) is 19.8 Å². The fourth-order valence-electron chi connectivity index (χ4n) is 2.45. The van der Waals surface area contributed by atoms with Crippen molar-refractivity contribution in [3.63, 3.8) is 0 Å². The van der Waals surface area contributed by atoms with E-state index in [1.807, 2.05) is 6.92 Å². The topological polar surface area (TPSA) is 66.8 Å². The summed E-state index contributed by atoms with van der Waals surface area (Å²) in [5.41, 5.74) is 0. The molecule has 0 bridgehead atoms. The summed E-state index contributed by atoms with van der Waals surface area (Å²) in [6, 6.07) is 3.76. The van der Waals surface area contributed by atoms with Crippen LogP contribution in [0.2, 0.25) is 0 Å². The van der Waals surface area contributed by atoms with Crippen LogP contribution in [-0.4, -0.2) is 31.5 Å². The fraction of sp³-hybridized carbons (Fsp3) is 0.462. The quantitative estimate of drug-likeness (QED) is 0.601. The standard InChI is InChI=1S/C13H14BrFN2O3S/c1-9-3-2-6-17(13(9)16-8-18)21(19,20)12-5-4-10(14)7-11(12)15/h4-5,7,9,13H,2-3,6H2,1H3. The van der Waals surface area contributed by atoms with Crippen molar-refractivity contribution in [2.24, 2.45) is 10.9 Å². The molecule has 5 nitrogen and oxygen atoms in total. The average molecular weight is 377 g/mol.